The van der Waals surface area contributed by atoms with Crippen molar-refractivity contribution in [3.05, 3.63) is 53.6 Å². The number of hydrogen-bond donors (Lipinski definition) is 0. The second-order valence-electron chi connectivity index (χ2n) is 8.06. The van der Waals surface area contributed by atoms with E-state index in [0.717, 1.165) is 41.9 Å². The summed E-state index contributed by atoms with van der Waals surface area (Å²) in [6.45, 7) is 4.88. The third-order valence-corrected chi connectivity index (χ3v) is 8.27. The van der Waals surface area contributed by atoms with Crippen LogP contribution >= 0.6 is 0 Å². The third kappa shape index (κ3) is 2.95. The molecule has 1 atom stereocenters. The zero-order valence-corrected chi connectivity index (χ0v) is 17.4. The molecule has 7 heteroatoms. The summed E-state index contributed by atoms with van der Waals surface area (Å²) in [5, 5.41) is 0. The van der Waals surface area contributed by atoms with Crippen LogP contribution in [-0.2, 0) is 21.2 Å². The highest BCUT2D eigenvalue weighted by Gasteiger charge is 2.39. The zero-order chi connectivity index (χ0) is 20.2. The maximum absolute atomic E-state index is 13.4. The van der Waals surface area contributed by atoms with Crippen LogP contribution in [0.15, 0.2) is 47.4 Å². The van der Waals surface area contributed by atoms with Gasteiger partial charge in [0.2, 0.25) is 15.9 Å². The molecule has 3 aliphatic rings. The second kappa shape index (κ2) is 6.85. The Labute approximate surface area is 171 Å². The van der Waals surface area contributed by atoms with Crippen molar-refractivity contribution in [1.29, 1.82) is 0 Å². The van der Waals surface area contributed by atoms with Gasteiger partial charge in [0, 0.05) is 38.4 Å². The highest BCUT2D eigenvalue weighted by molar-refractivity contribution is 7.89. The minimum Gasteiger partial charge on any atom is -0.369 e. The Bertz CT molecular complexity index is 1060. The van der Waals surface area contributed by atoms with Crippen LogP contribution in [0.3, 0.4) is 0 Å². The molecule has 0 saturated carbocycles. The first kappa shape index (κ1) is 18.6. The first-order chi connectivity index (χ1) is 14.0. The molecule has 0 N–H and O–H groups in total. The Balaban J connectivity index is 1.42. The van der Waals surface area contributed by atoms with Crippen molar-refractivity contribution < 1.29 is 13.2 Å². The monoisotopic (exact) mass is 411 g/mol. The smallest absolute Gasteiger partial charge is 0.243 e. The number of sulfonamides is 1. The fourth-order valence-electron chi connectivity index (χ4n) is 4.79. The molecular weight excluding hydrogens is 386 g/mol. The summed E-state index contributed by atoms with van der Waals surface area (Å²) in [5.41, 5.74) is 3.95. The van der Waals surface area contributed by atoms with Crippen LogP contribution in [0.2, 0.25) is 0 Å². The lowest BCUT2D eigenvalue weighted by molar-refractivity contribution is -0.119. The predicted molar refractivity (Wildman–Crippen MR) is 113 cm³/mol. The minimum absolute atomic E-state index is 0.0898. The van der Waals surface area contributed by atoms with Gasteiger partial charge in [0.05, 0.1) is 16.5 Å². The van der Waals surface area contributed by atoms with Crippen LogP contribution in [0.4, 0.5) is 11.4 Å². The average molecular weight is 412 g/mol. The summed E-state index contributed by atoms with van der Waals surface area (Å²) in [6.07, 6.45) is 1.70. The van der Waals surface area contributed by atoms with Crippen LogP contribution < -0.4 is 9.80 Å². The number of benzene rings is 2. The number of para-hydroxylation sites is 1. The maximum Gasteiger partial charge on any atom is 0.243 e. The largest absolute Gasteiger partial charge is 0.369 e. The molecule has 1 fully saturated rings. The average Bonchev–Trinajstić information content (AvgIpc) is 3.01. The fourth-order valence-corrected chi connectivity index (χ4v) is 6.30. The van der Waals surface area contributed by atoms with Crippen LogP contribution in [0.1, 0.15) is 30.4 Å². The normalized spacial score (nSPS) is 22.1. The van der Waals surface area contributed by atoms with E-state index in [1.807, 2.05) is 30.0 Å². The molecule has 2 aromatic carbocycles. The quantitative estimate of drug-likeness (QED) is 0.779. The molecule has 0 aromatic heterocycles. The summed E-state index contributed by atoms with van der Waals surface area (Å²) in [5.74, 6) is -0.182. The molecule has 0 bridgehead atoms. The van der Waals surface area contributed by atoms with E-state index in [0.29, 0.717) is 31.1 Å². The predicted octanol–water partition coefficient (Wildman–Crippen LogP) is 2.59. The number of piperazine rings is 1. The molecule has 0 spiro atoms. The van der Waals surface area contributed by atoms with Crippen molar-refractivity contribution in [2.45, 2.75) is 30.6 Å². The molecule has 152 valence electrons. The number of hydrogen-bond acceptors (Lipinski definition) is 4. The molecule has 3 aliphatic heterocycles. The number of aryl methyl sites for hydroxylation is 1. The molecule has 0 unspecified atom stereocenters. The van der Waals surface area contributed by atoms with Crippen LogP contribution in [0, 0.1) is 0 Å². The van der Waals surface area contributed by atoms with E-state index in [4.69, 9.17) is 0 Å². The van der Waals surface area contributed by atoms with Gasteiger partial charge in [0.1, 0.15) is 0 Å². The topological polar surface area (TPSA) is 60.9 Å². The third-order valence-electron chi connectivity index (χ3n) is 6.39. The minimum atomic E-state index is -3.58. The standard InChI is InChI=1S/C22H25N3O3S/c1-16-20-15-19(14-17-6-5-9-25(21(17)20)22(16)26)29(27,28)24-12-10-23(11-13-24)18-7-3-2-4-8-18/h2-4,7-8,14-16H,5-6,9-13H2,1H3/t16-/m0/s1. The molecule has 1 saturated heterocycles. The van der Waals surface area contributed by atoms with Crippen molar-refractivity contribution >= 4 is 27.3 Å². The van der Waals surface area contributed by atoms with Gasteiger partial charge in [-0.25, -0.2) is 8.42 Å². The van der Waals surface area contributed by atoms with Crippen LogP contribution in [-0.4, -0.2) is 51.4 Å². The van der Waals surface area contributed by atoms with Gasteiger partial charge in [0.15, 0.2) is 0 Å². The number of nitrogens with zero attached hydrogens (tertiary/aromatic N) is 3. The van der Waals surface area contributed by atoms with Crippen molar-refractivity contribution in [1.82, 2.24) is 4.31 Å². The number of anilines is 2. The Morgan fingerprint density at radius 2 is 1.69 bits per heavy atom. The number of carbonyl (C=O) groups is 1. The van der Waals surface area contributed by atoms with Crippen LogP contribution in [0.5, 0.6) is 0 Å². The molecule has 1 amide bonds. The van der Waals surface area contributed by atoms with Gasteiger partial charge in [0.25, 0.3) is 0 Å². The summed E-state index contributed by atoms with van der Waals surface area (Å²) in [6, 6.07) is 13.6. The van der Waals surface area contributed by atoms with E-state index in [9.17, 15) is 13.2 Å². The molecule has 0 radical (unpaired) electrons. The van der Waals surface area contributed by atoms with E-state index in [2.05, 4.69) is 17.0 Å². The van der Waals surface area contributed by atoms with Crippen molar-refractivity contribution in [2.24, 2.45) is 0 Å². The molecule has 29 heavy (non-hydrogen) atoms. The first-order valence-corrected chi connectivity index (χ1v) is 11.7. The number of carbonyl (C=O) groups excluding carboxylic acids is 1. The van der Waals surface area contributed by atoms with Crippen LogP contribution in [0.25, 0.3) is 0 Å². The Hall–Kier alpha value is -2.38. The van der Waals surface area contributed by atoms with E-state index >= 15 is 0 Å². The van der Waals surface area contributed by atoms with Gasteiger partial charge in [-0.1, -0.05) is 18.2 Å². The van der Waals surface area contributed by atoms with Gasteiger partial charge in [-0.3, -0.25) is 4.79 Å². The molecule has 6 nitrogen and oxygen atoms in total. The highest BCUT2D eigenvalue weighted by Crippen LogP contribution is 2.44. The van der Waals surface area contributed by atoms with Gasteiger partial charge in [-0.15, -0.1) is 0 Å². The van der Waals surface area contributed by atoms with E-state index < -0.39 is 10.0 Å². The van der Waals surface area contributed by atoms with Crippen molar-refractivity contribution in [2.75, 3.05) is 42.5 Å². The molecule has 2 aromatic rings. The highest BCUT2D eigenvalue weighted by atomic mass is 32.2. The lowest BCUT2D eigenvalue weighted by atomic mass is 9.97. The van der Waals surface area contributed by atoms with Gasteiger partial charge in [-0.2, -0.15) is 4.31 Å². The Kier molecular flexibility index (Phi) is 4.40. The summed E-state index contributed by atoms with van der Waals surface area (Å²) in [7, 11) is -3.58. The lowest BCUT2D eigenvalue weighted by Gasteiger charge is -2.35. The molecule has 5 rings (SSSR count). The van der Waals surface area contributed by atoms with E-state index in [1.54, 1.807) is 16.4 Å². The van der Waals surface area contributed by atoms with E-state index in [-0.39, 0.29) is 11.8 Å². The Morgan fingerprint density at radius 1 is 0.966 bits per heavy atom. The number of rotatable bonds is 3. The van der Waals surface area contributed by atoms with Gasteiger partial charge >= 0.3 is 0 Å². The summed E-state index contributed by atoms with van der Waals surface area (Å²) >= 11 is 0. The van der Waals surface area contributed by atoms with Crippen molar-refractivity contribution in [3.63, 3.8) is 0 Å². The van der Waals surface area contributed by atoms with Gasteiger partial charge < -0.3 is 9.80 Å². The Morgan fingerprint density at radius 3 is 2.41 bits per heavy atom. The first-order valence-electron chi connectivity index (χ1n) is 10.2. The van der Waals surface area contributed by atoms with E-state index in [1.165, 1.54) is 0 Å². The van der Waals surface area contributed by atoms with Gasteiger partial charge in [-0.05, 0) is 55.2 Å². The number of amides is 1. The SMILES string of the molecule is C[C@@H]1C(=O)N2CCCc3cc(S(=O)(=O)N4CCN(c5ccccc5)CC4)cc1c32. The summed E-state index contributed by atoms with van der Waals surface area (Å²) in [4.78, 5) is 17.0. The lowest BCUT2D eigenvalue weighted by Crippen LogP contribution is -2.48. The zero-order valence-electron chi connectivity index (χ0n) is 16.5. The summed E-state index contributed by atoms with van der Waals surface area (Å²) < 4.78 is 28.4. The maximum atomic E-state index is 13.4. The molecule has 3 heterocycles. The molecule has 0 aliphatic carbocycles. The van der Waals surface area contributed by atoms with Crippen molar-refractivity contribution in [3.8, 4) is 0 Å². The molecular formula is C22H25N3O3S. The fraction of sp³-hybridized carbons (Fsp3) is 0.409. The second-order valence-corrected chi connectivity index (χ2v) is 10.00.